The normalized spacial score (nSPS) is 19.8. The van der Waals surface area contributed by atoms with Gasteiger partial charge in [-0.15, -0.1) is 0 Å². The highest BCUT2D eigenvalue weighted by Gasteiger charge is 2.61. The summed E-state index contributed by atoms with van der Waals surface area (Å²) in [5.41, 5.74) is 1.64. The van der Waals surface area contributed by atoms with E-state index in [2.05, 4.69) is 0 Å². The lowest BCUT2D eigenvalue weighted by atomic mass is 9.83. The van der Waals surface area contributed by atoms with Crippen LogP contribution in [0.4, 0.5) is 13.2 Å². The molecule has 0 aromatic heterocycles. The third-order valence-corrected chi connectivity index (χ3v) is 5.12. The van der Waals surface area contributed by atoms with Gasteiger partial charge < -0.3 is 4.74 Å². The topological polar surface area (TPSA) is 26.3 Å². The second kappa shape index (κ2) is 6.78. The Balaban J connectivity index is 1.97. The highest BCUT2D eigenvalue weighted by atomic mass is 19.4. The second-order valence-electron chi connectivity index (χ2n) is 7.13. The van der Waals surface area contributed by atoms with Gasteiger partial charge in [0, 0.05) is 11.3 Å². The highest BCUT2D eigenvalue weighted by molar-refractivity contribution is 5.76. The van der Waals surface area contributed by atoms with Gasteiger partial charge in [-0.25, -0.2) is 4.79 Å². The first-order valence-corrected chi connectivity index (χ1v) is 8.65. The molecule has 2 unspecified atom stereocenters. The highest BCUT2D eigenvalue weighted by Crippen LogP contribution is 2.61. The molecule has 0 N–H and O–H groups in total. The Morgan fingerprint density at radius 2 is 1.46 bits per heavy atom. The quantitative estimate of drug-likeness (QED) is 0.690. The molecule has 26 heavy (non-hydrogen) atoms. The molecule has 3 rings (SSSR count). The zero-order valence-electron chi connectivity index (χ0n) is 14.7. The summed E-state index contributed by atoms with van der Waals surface area (Å²) < 4.78 is 43.1. The van der Waals surface area contributed by atoms with Crippen LogP contribution in [-0.4, -0.2) is 18.2 Å². The Bertz CT molecular complexity index is 714. The monoisotopic (exact) mass is 362 g/mol. The molecule has 2 nitrogen and oxygen atoms in total. The van der Waals surface area contributed by atoms with Crippen LogP contribution in [0.15, 0.2) is 60.7 Å². The van der Waals surface area contributed by atoms with Crippen molar-refractivity contribution in [3.8, 4) is 0 Å². The number of hydrogen-bond acceptors (Lipinski definition) is 2. The number of esters is 1. The summed E-state index contributed by atoms with van der Waals surface area (Å²) in [7, 11) is 0. The van der Waals surface area contributed by atoms with Crippen molar-refractivity contribution < 1.29 is 22.7 Å². The number of halogens is 3. The maximum atomic E-state index is 12.7. The molecule has 5 heteroatoms. The Hall–Kier alpha value is -2.30. The van der Waals surface area contributed by atoms with E-state index in [4.69, 9.17) is 4.74 Å². The van der Waals surface area contributed by atoms with Crippen LogP contribution in [0.3, 0.4) is 0 Å². The average Bonchev–Trinajstić information content (AvgIpc) is 3.36. The molecule has 1 fully saturated rings. The predicted molar refractivity (Wildman–Crippen MR) is 92.5 cm³/mol. The van der Waals surface area contributed by atoms with Gasteiger partial charge in [0.2, 0.25) is 0 Å². The van der Waals surface area contributed by atoms with Gasteiger partial charge in [-0.05, 0) is 23.5 Å². The van der Waals surface area contributed by atoms with Gasteiger partial charge in [0.1, 0.15) is 6.10 Å². The number of alkyl halides is 3. The van der Waals surface area contributed by atoms with E-state index in [0.29, 0.717) is 6.42 Å². The smallest absolute Gasteiger partial charge is 0.455 e. The minimum absolute atomic E-state index is 0.196. The van der Waals surface area contributed by atoms with Crippen molar-refractivity contribution in [2.24, 2.45) is 11.8 Å². The van der Waals surface area contributed by atoms with Crippen molar-refractivity contribution in [1.29, 1.82) is 0 Å². The summed E-state index contributed by atoms with van der Waals surface area (Å²) in [4.78, 5) is 11.4. The Morgan fingerprint density at radius 1 is 1.00 bits per heavy atom. The number of carbonyl (C=O) groups is 1. The molecule has 0 heterocycles. The van der Waals surface area contributed by atoms with E-state index in [1.54, 1.807) is 13.8 Å². The molecular weight excluding hydrogens is 341 g/mol. The second-order valence-corrected chi connectivity index (χ2v) is 7.13. The van der Waals surface area contributed by atoms with E-state index in [9.17, 15) is 18.0 Å². The van der Waals surface area contributed by atoms with Crippen LogP contribution in [0, 0.1) is 11.8 Å². The van der Waals surface area contributed by atoms with Gasteiger partial charge in [0.25, 0.3) is 0 Å². The van der Waals surface area contributed by atoms with Crippen LogP contribution in [0.25, 0.3) is 0 Å². The molecule has 138 valence electrons. The summed E-state index contributed by atoms with van der Waals surface area (Å²) in [6, 6.07) is 19.4. The average molecular weight is 362 g/mol. The maximum Gasteiger partial charge on any atom is 0.490 e. The standard InChI is InChI=1S/C21H21F3O2/c1-14(2)18(26-19(25)21(22,23)24)17-13-20(17,15-9-5-3-6-10-15)16-11-7-4-8-12-16/h3-12,14,17-18H,13H2,1-2H3. The van der Waals surface area contributed by atoms with Crippen molar-refractivity contribution in [3.63, 3.8) is 0 Å². The van der Waals surface area contributed by atoms with Crippen molar-refractivity contribution >= 4 is 5.97 Å². The van der Waals surface area contributed by atoms with Gasteiger partial charge in [-0.2, -0.15) is 13.2 Å². The van der Waals surface area contributed by atoms with E-state index in [1.807, 2.05) is 60.7 Å². The molecule has 0 saturated heterocycles. The molecule has 0 amide bonds. The maximum absolute atomic E-state index is 12.7. The summed E-state index contributed by atoms with van der Waals surface area (Å²) in [6.45, 7) is 3.57. The lowest BCUT2D eigenvalue weighted by molar-refractivity contribution is -0.208. The lowest BCUT2D eigenvalue weighted by Gasteiger charge is -2.27. The number of benzene rings is 2. The third kappa shape index (κ3) is 3.35. The van der Waals surface area contributed by atoms with Crippen molar-refractivity contribution in [2.45, 2.75) is 38.0 Å². The molecule has 2 atom stereocenters. The first-order valence-electron chi connectivity index (χ1n) is 8.65. The number of rotatable bonds is 5. The van der Waals surface area contributed by atoms with E-state index in [1.165, 1.54) is 0 Å². The molecular formula is C21H21F3O2. The van der Waals surface area contributed by atoms with E-state index in [0.717, 1.165) is 11.1 Å². The Kier molecular flexibility index (Phi) is 4.82. The minimum Gasteiger partial charge on any atom is -0.455 e. The van der Waals surface area contributed by atoms with Crippen LogP contribution in [0.1, 0.15) is 31.4 Å². The van der Waals surface area contributed by atoms with E-state index < -0.39 is 23.7 Å². The molecule has 2 aromatic rings. The zero-order chi connectivity index (χ0) is 18.9. The Morgan fingerprint density at radius 3 is 1.85 bits per heavy atom. The van der Waals surface area contributed by atoms with Crippen LogP contribution >= 0.6 is 0 Å². The predicted octanol–water partition coefficient (Wildman–Crippen LogP) is 5.12. The Labute approximate surface area is 151 Å². The van der Waals surface area contributed by atoms with Gasteiger partial charge in [-0.1, -0.05) is 74.5 Å². The third-order valence-electron chi connectivity index (χ3n) is 5.12. The number of ether oxygens (including phenoxy) is 1. The van der Waals surface area contributed by atoms with Crippen molar-refractivity contribution in [2.75, 3.05) is 0 Å². The van der Waals surface area contributed by atoms with Gasteiger partial charge in [-0.3, -0.25) is 0 Å². The van der Waals surface area contributed by atoms with Crippen LogP contribution in [-0.2, 0) is 14.9 Å². The van der Waals surface area contributed by atoms with Crippen molar-refractivity contribution in [3.05, 3.63) is 71.8 Å². The first kappa shape index (κ1) is 18.5. The zero-order valence-corrected chi connectivity index (χ0v) is 14.7. The SMILES string of the molecule is CC(C)C(OC(=O)C(F)(F)F)C1CC1(c1ccccc1)c1ccccc1. The van der Waals surface area contributed by atoms with Crippen LogP contribution in [0.5, 0.6) is 0 Å². The largest absolute Gasteiger partial charge is 0.490 e. The minimum atomic E-state index is -4.98. The molecule has 1 aliphatic carbocycles. The van der Waals surface area contributed by atoms with E-state index >= 15 is 0 Å². The summed E-state index contributed by atoms with van der Waals surface area (Å²) in [6.07, 6.45) is -5.14. The summed E-state index contributed by atoms with van der Waals surface area (Å²) in [5, 5.41) is 0. The van der Waals surface area contributed by atoms with E-state index in [-0.39, 0.29) is 11.8 Å². The number of hydrogen-bond donors (Lipinski definition) is 0. The van der Waals surface area contributed by atoms with Gasteiger partial charge in [0.15, 0.2) is 0 Å². The lowest BCUT2D eigenvalue weighted by Crippen LogP contribution is -2.35. The molecule has 0 bridgehead atoms. The molecule has 0 aliphatic heterocycles. The molecule has 1 aliphatic rings. The number of carbonyl (C=O) groups excluding carboxylic acids is 1. The van der Waals surface area contributed by atoms with Crippen molar-refractivity contribution in [1.82, 2.24) is 0 Å². The van der Waals surface area contributed by atoms with Gasteiger partial charge in [0.05, 0.1) is 0 Å². The fraction of sp³-hybridized carbons (Fsp3) is 0.381. The summed E-state index contributed by atoms with van der Waals surface area (Å²) in [5.74, 6) is -2.53. The fourth-order valence-corrected chi connectivity index (χ4v) is 3.86. The summed E-state index contributed by atoms with van der Waals surface area (Å²) >= 11 is 0. The molecule has 0 spiro atoms. The fourth-order valence-electron chi connectivity index (χ4n) is 3.86. The van der Waals surface area contributed by atoms with Crippen LogP contribution in [0.2, 0.25) is 0 Å². The molecule has 2 aromatic carbocycles. The first-order chi connectivity index (χ1) is 12.3. The molecule has 0 radical (unpaired) electrons. The van der Waals surface area contributed by atoms with Crippen LogP contribution < -0.4 is 0 Å². The molecule has 1 saturated carbocycles. The van der Waals surface area contributed by atoms with Gasteiger partial charge >= 0.3 is 12.1 Å².